The monoisotopic (exact) mass is 430 g/mol. The van der Waals surface area contributed by atoms with Gasteiger partial charge >= 0.3 is 6.09 Å². The number of rotatable bonds is 3. The van der Waals surface area contributed by atoms with Gasteiger partial charge in [0.2, 0.25) is 0 Å². The number of halogens is 1. The minimum atomic E-state index is -0.552. The van der Waals surface area contributed by atoms with Crippen LogP contribution in [0.1, 0.15) is 22.3 Å². The third-order valence-electron chi connectivity index (χ3n) is 3.79. The van der Waals surface area contributed by atoms with Crippen LogP contribution in [0.25, 0.3) is 0 Å². The number of nitriles is 1. The SMILES string of the molecule is N#Cc1ccc(C#Cc2ccc(Br)cc2NC(=O)OCc2ccccc2)cc1. The van der Waals surface area contributed by atoms with Crippen LogP contribution in [0, 0.1) is 23.2 Å². The van der Waals surface area contributed by atoms with Gasteiger partial charge in [-0.05, 0) is 48.0 Å². The third kappa shape index (κ3) is 5.48. The highest BCUT2D eigenvalue weighted by Gasteiger charge is 2.08. The van der Waals surface area contributed by atoms with Crippen molar-refractivity contribution in [3.05, 3.63) is 99.5 Å². The Morgan fingerprint density at radius 2 is 1.68 bits per heavy atom. The maximum absolute atomic E-state index is 12.2. The Balaban J connectivity index is 1.72. The summed E-state index contributed by atoms with van der Waals surface area (Å²) in [7, 11) is 0. The summed E-state index contributed by atoms with van der Waals surface area (Å²) in [6.07, 6.45) is -0.552. The first-order valence-electron chi connectivity index (χ1n) is 8.43. The molecule has 0 aliphatic rings. The molecule has 0 fully saturated rings. The first-order valence-corrected chi connectivity index (χ1v) is 9.23. The highest BCUT2D eigenvalue weighted by atomic mass is 79.9. The summed E-state index contributed by atoms with van der Waals surface area (Å²) in [5.41, 5.74) is 3.47. The lowest BCUT2D eigenvalue weighted by Crippen LogP contribution is -2.14. The van der Waals surface area contributed by atoms with Crippen molar-refractivity contribution < 1.29 is 9.53 Å². The third-order valence-corrected chi connectivity index (χ3v) is 4.28. The second-order valence-corrected chi connectivity index (χ2v) is 6.73. The van der Waals surface area contributed by atoms with Crippen LogP contribution < -0.4 is 5.32 Å². The van der Waals surface area contributed by atoms with Crippen LogP contribution in [0.15, 0.2) is 77.3 Å². The molecular formula is C23H15BrN2O2. The molecule has 0 atom stereocenters. The van der Waals surface area contributed by atoms with Crippen LogP contribution in [0.5, 0.6) is 0 Å². The Hall–Kier alpha value is -3.54. The zero-order valence-electron chi connectivity index (χ0n) is 14.8. The van der Waals surface area contributed by atoms with Crippen molar-refractivity contribution in [3.63, 3.8) is 0 Å². The fraction of sp³-hybridized carbons (Fsp3) is 0.0435. The normalized spacial score (nSPS) is 9.57. The van der Waals surface area contributed by atoms with E-state index in [4.69, 9.17) is 10.00 Å². The van der Waals surface area contributed by atoms with Crippen molar-refractivity contribution in [2.75, 3.05) is 5.32 Å². The van der Waals surface area contributed by atoms with E-state index in [0.717, 1.165) is 15.6 Å². The highest BCUT2D eigenvalue weighted by molar-refractivity contribution is 9.10. The van der Waals surface area contributed by atoms with Gasteiger partial charge < -0.3 is 4.74 Å². The molecule has 3 aromatic rings. The van der Waals surface area contributed by atoms with Crippen LogP contribution in [-0.2, 0) is 11.3 Å². The van der Waals surface area contributed by atoms with Gasteiger partial charge in [-0.3, -0.25) is 5.32 Å². The summed E-state index contributed by atoms with van der Waals surface area (Å²) in [6.45, 7) is 0.187. The quantitative estimate of drug-likeness (QED) is 0.560. The smallest absolute Gasteiger partial charge is 0.411 e. The molecule has 0 aliphatic heterocycles. The van der Waals surface area contributed by atoms with Crippen molar-refractivity contribution in [1.82, 2.24) is 0 Å². The summed E-state index contributed by atoms with van der Waals surface area (Å²) in [6, 6.07) is 24.0. The Labute approximate surface area is 171 Å². The van der Waals surface area contributed by atoms with Crippen LogP contribution in [-0.4, -0.2) is 6.09 Å². The second-order valence-electron chi connectivity index (χ2n) is 5.82. The summed E-state index contributed by atoms with van der Waals surface area (Å²) in [5, 5.41) is 11.6. The molecule has 0 unspecified atom stereocenters. The van der Waals surface area contributed by atoms with Crippen molar-refractivity contribution in [2.24, 2.45) is 0 Å². The van der Waals surface area contributed by atoms with E-state index in [9.17, 15) is 4.79 Å². The summed E-state index contributed by atoms with van der Waals surface area (Å²) >= 11 is 3.40. The van der Waals surface area contributed by atoms with Crippen molar-refractivity contribution >= 4 is 27.7 Å². The van der Waals surface area contributed by atoms with Gasteiger partial charge in [-0.15, -0.1) is 0 Å². The van der Waals surface area contributed by atoms with E-state index in [2.05, 4.69) is 39.2 Å². The largest absolute Gasteiger partial charge is 0.444 e. The number of anilines is 1. The van der Waals surface area contributed by atoms with Gasteiger partial charge in [0.15, 0.2) is 0 Å². The molecule has 136 valence electrons. The summed E-state index contributed by atoms with van der Waals surface area (Å²) in [5.74, 6) is 6.09. The zero-order valence-corrected chi connectivity index (χ0v) is 16.4. The molecule has 1 amide bonds. The van der Waals surface area contributed by atoms with Gasteiger partial charge in [-0.1, -0.05) is 58.1 Å². The van der Waals surface area contributed by atoms with Gasteiger partial charge in [0.05, 0.1) is 17.3 Å². The van der Waals surface area contributed by atoms with E-state index in [0.29, 0.717) is 16.8 Å². The molecule has 0 bridgehead atoms. The first kappa shape index (κ1) is 19.2. The molecule has 0 saturated heterocycles. The predicted molar refractivity (Wildman–Crippen MR) is 112 cm³/mol. The molecule has 0 heterocycles. The van der Waals surface area contributed by atoms with Crippen LogP contribution >= 0.6 is 15.9 Å². The Morgan fingerprint density at radius 1 is 0.964 bits per heavy atom. The topological polar surface area (TPSA) is 62.1 Å². The van der Waals surface area contributed by atoms with Gasteiger partial charge in [-0.2, -0.15) is 5.26 Å². The molecule has 5 heteroatoms. The zero-order chi connectivity index (χ0) is 19.8. The average Bonchev–Trinajstić information content (AvgIpc) is 2.73. The average molecular weight is 431 g/mol. The van der Waals surface area contributed by atoms with E-state index >= 15 is 0 Å². The number of carbonyl (C=O) groups excluding carboxylic acids is 1. The van der Waals surface area contributed by atoms with E-state index in [1.807, 2.05) is 42.5 Å². The molecule has 1 N–H and O–H groups in total. The predicted octanol–water partition coefficient (Wildman–Crippen LogP) is 5.47. The number of nitrogens with one attached hydrogen (secondary N) is 1. The standard InChI is InChI=1S/C23H15BrN2O2/c24-21-13-12-20(11-10-17-6-8-18(15-25)9-7-17)22(14-21)26-23(27)28-16-19-4-2-1-3-5-19/h1-9,12-14H,16H2,(H,26,27). The van der Waals surface area contributed by atoms with E-state index in [1.165, 1.54) is 0 Å². The number of amides is 1. The molecule has 0 aliphatic carbocycles. The fourth-order valence-electron chi connectivity index (χ4n) is 2.37. The molecular weight excluding hydrogens is 416 g/mol. The molecule has 3 aromatic carbocycles. The maximum atomic E-state index is 12.2. The number of benzene rings is 3. The van der Waals surface area contributed by atoms with E-state index in [-0.39, 0.29) is 6.61 Å². The van der Waals surface area contributed by atoms with Gasteiger partial charge in [0.1, 0.15) is 6.61 Å². The molecule has 3 rings (SSSR count). The van der Waals surface area contributed by atoms with Gasteiger partial charge in [0, 0.05) is 15.6 Å². The van der Waals surface area contributed by atoms with E-state index < -0.39 is 6.09 Å². The lowest BCUT2D eigenvalue weighted by molar-refractivity contribution is 0.155. The second kappa shape index (κ2) is 9.41. The number of hydrogen-bond donors (Lipinski definition) is 1. The van der Waals surface area contributed by atoms with Crippen molar-refractivity contribution in [2.45, 2.75) is 6.61 Å². The van der Waals surface area contributed by atoms with Gasteiger partial charge in [0.25, 0.3) is 0 Å². The molecule has 0 spiro atoms. The molecule has 0 radical (unpaired) electrons. The minimum absolute atomic E-state index is 0.187. The number of carbonyl (C=O) groups is 1. The lowest BCUT2D eigenvalue weighted by Gasteiger charge is -2.09. The molecule has 0 saturated carbocycles. The Bertz CT molecular complexity index is 1080. The van der Waals surface area contributed by atoms with Crippen molar-refractivity contribution in [1.29, 1.82) is 5.26 Å². The molecule has 28 heavy (non-hydrogen) atoms. The van der Waals surface area contributed by atoms with Gasteiger partial charge in [-0.25, -0.2) is 4.79 Å². The first-order chi connectivity index (χ1) is 13.6. The molecule has 4 nitrogen and oxygen atoms in total. The Morgan fingerprint density at radius 3 is 2.39 bits per heavy atom. The number of hydrogen-bond acceptors (Lipinski definition) is 3. The fourth-order valence-corrected chi connectivity index (χ4v) is 2.73. The number of nitrogens with zero attached hydrogens (tertiary/aromatic N) is 1. The highest BCUT2D eigenvalue weighted by Crippen LogP contribution is 2.21. The summed E-state index contributed by atoms with van der Waals surface area (Å²) < 4.78 is 6.09. The maximum Gasteiger partial charge on any atom is 0.411 e. The molecule has 0 aromatic heterocycles. The van der Waals surface area contributed by atoms with Crippen LogP contribution in [0.4, 0.5) is 10.5 Å². The number of ether oxygens (including phenoxy) is 1. The lowest BCUT2D eigenvalue weighted by atomic mass is 10.1. The van der Waals surface area contributed by atoms with E-state index in [1.54, 1.807) is 30.3 Å². The summed E-state index contributed by atoms with van der Waals surface area (Å²) in [4.78, 5) is 12.2. The minimum Gasteiger partial charge on any atom is -0.444 e. The Kier molecular flexibility index (Phi) is 6.46. The van der Waals surface area contributed by atoms with Crippen LogP contribution in [0.2, 0.25) is 0 Å². The van der Waals surface area contributed by atoms with Crippen LogP contribution in [0.3, 0.4) is 0 Å². The van der Waals surface area contributed by atoms with Crippen molar-refractivity contribution in [3.8, 4) is 17.9 Å².